The number of hydrogen-bond acceptors (Lipinski definition) is 4. The van der Waals surface area contributed by atoms with Gasteiger partial charge in [0.2, 0.25) is 0 Å². The zero-order valence-corrected chi connectivity index (χ0v) is 25.4. The van der Waals surface area contributed by atoms with Gasteiger partial charge in [-0.15, -0.1) is 13.2 Å². The maximum atomic E-state index is 7.34. The molecule has 0 saturated carbocycles. The van der Waals surface area contributed by atoms with E-state index in [1.807, 2.05) is 36.4 Å². The van der Waals surface area contributed by atoms with Gasteiger partial charge in [0.1, 0.15) is 5.75 Å². The Labute approximate surface area is 241 Å². The van der Waals surface area contributed by atoms with Gasteiger partial charge in [0.25, 0.3) is 8.32 Å². The molecule has 0 bridgehead atoms. The fraction of sp³-hybridized carbons (Fsp3) is 0.371. The van der Waals surface area contributed by atoms with Crippen LogP contribution in [-0.4, -0.2) is 34.7 Å². The van der Waals surface area contributed by atoms with Gasteiger partial charge in [-0.25, -0.2) is 0 Å². The van der Waals surface area contributed by atoms with E-state index in [9.17, 15) is 0 Å². The highest BCUT2D eigenvalue weighted by Gasteiger charge is 2.51. The first-order valence-corrected chi connectivity index (χ1v) is 16.1. The summed E-state index contributed by atoms with van der Waals surface area (Å²) in [4.78, 5) is 0. The zero-order chi connectivity index (χ0) is 28.6. The second kappa shape index (κ2) is 13.6. The Bertz CT molecular complexity index is 1160. The molecule has 0 spiro atoms. The van der Waals surface area contributed by atoms with Crippen LogP contribution in [0.25, 0.3) is 0 Å². The minimum Gasteiger partial charge on any atom is -0.497 e. The van der Waals surface area contributed by atoms with Crippen molar-refractivity contribution in [2.45, 2.75) is 51.0 Å². The molecule has 40 heavy (non-hydrogen) atoms. The van der Waals surface area contributed by atoms with E-state index in [0.29, 0.717) is 13.2 Å². The Morgan fingerprint density at radius 1 is 0.900 bits per heavy atom. The molecule has 4 rings (SSSR count). The average Bonchev–Trinajstić information content (AvgIpc) is 2.97. The van der Waals surface area contributed by atoms with Crippen LogP contribution in [0.3, 0.4) is 0 Å². The highest BCUT2D eigenvalue weighted by molar-refractivity contribution is 6.99. The largest absolute Gasteiger partial charge is 0.497 e. The molecule has 0 amide bonds. The highest BCUT2D eigenvalue weighted by Crippen LogP contribution is 2.40. The highest BCUT2D eigenvalue weighted by atomic mass is 28.4. The van der Waals surface area contributed by atoms with E-state index in [0.717, 1.165) is 24.2 Å². The van der Waals surface area contributed by atoms with Gasteiger partial charge in [-0.3, -0.25) is 0 Å². The molecule has 0 radical (unpaired) electrons. The molecule has 0 aromatic heterocycles. The van der Waals surface area contributed by atoms with Gasteiger partial charge in [0, 0.05) is 18.1 Å². The van der Waals surface area contributed by atoms with Crippen molar-refractivity contribution in [1.29, 1.82) is 0 Å². The van der Waals surface area contributed by atoms with Crippen LogP contribution in [0.2, 0.25) is 5.04 Å². The van der Waals surface area contributed by atoms with Crippen LogP contribution in [-0.2, 0) is 13.9 Å². The maximum absolute atomic E-state index is 7.34. The van der Waals surface area contributed by atoms with Crippen molar-refractivity contribution in [2.24, 2.45) is 11.8 Å². The van der Waals surface area contributed by atoms with Crippen LogP contribution in [0.4, 0.5) is 0 Å². The SMILES string of the molecule is C=CC[C@@H](CO[Si](c1ccccc1)(c1ccccc1)C(C)(C)C)[C@@H]1CO[C@@H](c2ccc(OC)cc2)O[C@H]1CC=C. The van der Waals surface area contributed by atoms with E-state index in [4.69, 9.17) is 18.6 Å². The lowest BCUT2D eigenvalue weighted by Gasteiger charge is -2.45. The third kappa shape index (κ3) is 6.50. The molecule has 1 aliphatic rings. The standard InChI is InChI=1S/C35H44O4Si/c1-7-15-28(32-26-37-34(39-33(32)16-8-2)27-21-23-29(36-6)24-22-27)25-38-40(35(3,4)5,30-17-11-9-12-18-30)31-19-13-10-14-20-31/h7-14,17-24,28,32-34H,1-2,15-16,25-26H2,3-6H3/t28-,32-,33-,34+/m0/s1. The third-order valence-electron chi connectivity index (χ3n) is 8.01. The number of hydrogen-bond donors (Lipinski definition) is 0. The van der Waals surface area contributed by atoms with Gasteiger partial charge in [0.05, 0.1) is 19.8 Å². The molecular weight excluding hydrogens is 512 g/mol. The Morgan fingerprint density at radius 2 is 1.50 bits per heavy atom. The van der Waals surface area contributed by atoms with Crippen LogP contribution < -0.4 is 15.1 Å². The van der Waals surface area contributed by atoms with Gasteiger partial charge < -0.3 is 18.6 Å². The zero-order valence-electron chi connectivity index (χ0n) is 24.4. The first-order valence-electron chi connectivity index (χ1n) is 14.2. The summed E-state index contributed by atoms with van der Waals surface area (Å²) in [5.74, 6) is 1.14. The van der Waals surface area contributed by atoms with E-state index < -0.39 is 14.6 Å². The van der Waals surface area contributed by atoms with Crippen LogP contribution in [0, 0.1) is 11.8 Å². The minimum absolute atomic E-state index is 0.0361. The molecule has 5 heteroatoms. The second-order valence-electron chi connectivity index (χ2n) is 11.6. The number of allylic oxidation sites excluding steroid dienone is 1. The Hall–Kier alpha value is -2.96. The topological polar surface area (TPSA) is 36.9 Å². The lowest BCUT2D eigenvalue weighted by Crippen LogP contribution is -2.67. The lowest BCUT2D eigenvalue weighted by molar-refractivity contribution is -0.249. The smallest absolute Gasteiger partial charge is 0.261 e. The molecule has 4 nitrogen and oxygen atoms in total. The van der Waals surface area contributed by atoms with Gasteiger partial charge in [-0.05, 0) is 46.3 Å². The molecular formula is C35H44O4Si. The normalized spacial score (nSPS) is 20.4. The molecule has 0 N–H and O–H groups in total. The summed E-state index contributed by atoms with van der Waals surface area (Å²) in [5.41, 5.74) is 0.983. The number of rotatable bonds is 12. The van der Waals surface area contributed by atoms with E-state index in [1.165, 1.54) is 10.4 Å². The van der Waals surface area contributed by atoms with E-state index in [1.54, 1.807) is 7.11 Å². The summed E-state index contributed by atoms with van der Waals surface area (Å²) in [6.07, 6.45) is 5.05. The Morgan fingerprint density at radius 3 is 2.00 bits per heavy atom. The van der Waals surface area contributed by atoms with Crippen LogP contribution >= 0.6 is 0 Å². The minimum atomic E-state index is -2.67. The molecule has 3 aromatic carbocycles. The van der Waals surface area contributed by atoms with Gasteiger partial charge >= 0.3 is 0 Å². The van der Waals surface area contributed by atoms with Crippen molar-refractivity contribution in [1.82, 2.24) is 0 Å². The van der Waals surface area contributed by atoms with Gasteiger partial charge in [-0.1, -0.05) is 106 Å². The molecule has 212 valence electrons. The van der Waals surface area contributed by atoms with E-state index in [2.05, 4.69) is 94.6 Å². The molecule has 1 aliphatic heterocycles. The molecule has 0 unspecified atom stereocenters. The second-order valence-corrected chi connectivity index (χ2v) is 15.9. The van der Waals surface area contributed by atoms with E-state index >= 15 is 0 Å². The van der Waals surface area contributed by atoms with Crippen molar-refractivity contribution in [3.63, 3.8) is 0 Å². The van der Waals surface area contributed by atoms with Crippen molar-refractivity contribution in [2.75, 3.05) is 20.3 Å². The van der Waals surface area contributed by atoms with Crippen LogP contribution in [0.5, 0.6) is 5.75 Å². The first-order chi connectivity index (χ1) is 19.3. The van der Waals surface area contributed by atoms with E-state index in [-0.39, 0.29) is 23.0 Å². The van der Waals surface area contributed by atoms with Crippen LogP contribution in [0.15, 0.2) is 110 Å². The molecule has 1 fully saturated rings. The summed E-state index contributed by atoms with van der Waals surface area (Å²) >= 11 is 0. The Balaban J connectivity index is 1.63. The van der Waals surface area contributed by atoms with Crippen molar-refractivity contribution in [3.8, 4) is 5.75 Å². The molecule has 0 aliphatic carbocycles. The predicted octanol–water partition coefficient (Wildman–Crippen LogP) is 7.07. The fourth-order valence-electron chi connectivity index (χ4n) is 5.95. The number of ether oxygens (including phenoxy) is 3. The molecule has 4 atom stereocenters. The predicted molar refractivity (Wildman–Crippen MR) is 167 cm³/mol. The molecule has 1 saturated heterocycles. The summed E-state index contributed by atoms with van der Waals surface area (Å²) in [6.45, 7) is 16.2. The van der Waals surface area contributed by atoms with Gasteiger partial charge in [-0.2, -0.15) is 0 Å². The molecule has 1 heterocycles. The Kier molecular flexibility index (Phi) is 10.2. The summed E-state index contributed by atoms with van der Waals surface area (Å²) in [5, 5.41) is 2.47. The number of methoxy groups -OCH3 is 1. The maximum Gasteiger partial charge on any atom is 0.261 e. The fourth-order valence-corrected chi connectivity index (χ4v) is 10.6. The monoisotopic (exact) mass is 556 g/mol. The summed E-state index contributed by atoms with van der Waals surface area (Å²) in [6, 6.07) is 29.5. The third-order valence-corrected chi connectivity index (χ3v) is 13.0. The lowest BCUT2D eigenvalue weighted by atomic mass is 9.84. The van der Waals surface area contributed by atoms with Crippen molar-refractivity contribution >= 4 is 18.7 Å². The van der Waals surface area contributed by atoms with Crippen molar-refractivity contribution in [3.05, 3.63) is 116 Å². The summed E-state index contributed by atoms with van der Waals surface area (Å²) < 4.78 is 25.6. The number of benzene rings is 3. The van der Waals surface area contributed by atoms with Crippen LogP contribution in [0.1, 0.15) is 45.5 Å². The quantitative estimate of drug-likeness (QED) is 0.177. The molecule has 3 aromatic rings. The first kappa shape index (κ1) is 30.0. The summed E-state index contributed by atoms with van der Waals surface area (Å²) in [7, 11) is -1.000. The van der Waals surface area contributed by atoms with Crippen molar-refractivity contribution < 1.29 is 18.6 Å². The average molecular weight is 557 g/mol. The van der Waals surface area contributed by atoms with Gasteiger partial charge in [0.15, 0.2) is 6.29 Å².